The Kier molecular flexibility index (Phi) is 7.61. The Labute approximate surface area is 167 Å². The predicted molar refractivity (Wildman–Crippen MR) is 111 cm³/mol. The summed E-state index contributed by atoms with van der Waals surface area (Å²) in [4.78, 5) is 24.1. The molecule has 0 saturated heterocycles. The smallest absolute Gasteiger partial charge is 0.408 e. The van der Waals surface area contributed by atoms with Crippen LogP contribution in [0.4, 0.5) is 4.79 Å². The van der Waals surface area contributed by atoms with Crippen LogP contribution >= 0.6 is 0 Å². The zero-order valence-electron chi connectivity index (χ0n) is 17.1. The Balaban J connectivity index is 1.91. The van der Waals surface area contributed by atoms with Crippen LogP contribution in [0.5, 0.6) is 0 Å². The van der Waals surface area contributed by atoms with Gasteiger partial charge in [0.2, 0.25) is 5.91 Å². The molecule has 0 aliphatic rings. The SMILES string of the molecule is CC(NC(=O)OC(C)(C)C)C(=O)NCCC(c1ccccc1)c1ccccc1. The lowest BCUT2D eigenvalue weighted by Gasteiger charge is -2.22. The molecule has 0 spiro atoms. The highest BCUT2D eigenvalue weighted by atomic mass is 16.6. The molecular formula is C23H30N2O3. The van der Waals surface area contributed by atoms with Gasteiger partial charge in [-0.1, -0.05) is 60.7 Å². The van der Waals surface area contributed by atoms with Gasteiger partial charge in [-0.2, -0.15) is 0 Å². The first kappa shape index (κ1) is 21.5. The van der Waals surface area contributed by atoms with Crippen LogP contribution in [0.25, 0.3) is 0 Å². The molecule has 0 saturated carbocycles. The van der Waals surface area contributed by atoms with Gasteiger partial charge >= 0.3 is 6.09 Å². The minimum absolute atomic E-state index is 0.192. The third kappa shape index (κ3) is 7.06. The van der Waals surface area contributed by atoms with Crippen LogP contribution in [-0.4, -0.2) is 30.2 Å². The first-order chi connectivity index (χ1) is 13.3. The molecule has 1 atom stereocenters. The zero-order chi connectivity index (χ0) is 20.6. The molecule has 5 nitrogen and oxygen atoms in total. The maximum absolute atomic E-state index is 12.3. The number of ether oxygens (including phenoxy) is 1. The van der Waals surface area contributed by atoms with Crippen molar-refractivity contribution < 1.29 is 14.3 Å². The number of carbonyl (C=O) groups is 2. The summed E-state index contributed by atoms with van der Waals surface area (Å²) >= 11 is 0. The molecule has 2 aromatic rings. The van der Waals surface area contributed by atoms with E-state index in [-0.39, 0.29) is 11.8 Å². The second-order valence-corrected chi connectivity index (χ2v) is 7.82. The molecule has 0 aliphatic heterocycles. The van der Waals surface area contributed by atoms with Crippen molar-refractivity contribution in [2.24, 2.45) is 0 Å². The Morgan fingerprint density at radius 1 is 0.929 bits per heavy atom. The molecule has 1 unspecified atom stereocenters. The fourth-order valence-corrected chi connectivity index (χ4v) is 2.94. The van der Waals surface area contributed by atoms with Gasteiger partial charge in [0.1, 0.15) is 11.6 Å². The molecule has 0 radical (unpaired) electrons. The molecule has 150 valence electrons. The maximum Gasteiger partial charge on any atom is 0.408 e. The van der Waals surface area contributed by atoms with E-state index in [2.05, 4.69) is 34.9 Å². The van der Waals surface area contributed by atoms with Crippen LogP contribution in [0, 0.1) is 0 Å². The lowest BCUT2D eigenvalue weighted by Crippen LogP contribution is -2.46. The number of benzene rings is 2. The minimum Gasteiger partial charge on any atom is -0.444 e. The van der Waals surface area contributed by atoms with Crippen LogP contribution in [0.2, 0.25) is 0 Å². The quantitative estimate of drug-likeness (QED) is 0.753. The van der Waals surface area contributed by atoms with E-state index >= 15 is 0 Å². The zero-order valence-corrected chi connectivity index (χ0v) is 17.1. The van der Waals surface area contributed by atoms with Gasteiger partial charge in [0, 0.05) is 12.5 Å². The number of carbonyl (C=O) groups excluding carboxylic acids is 2. The number of rotatable bonds is 7. The van der Waals surface area contributed by atoms with Crippen molar-refractivity contribution in [2.45, 2.75) is 51.7 Å². The van der Waals surface area contributed by atoms with Gasteiger partial charge < -0.3 is 15.4 Å². The van der Waals surface area contributed by atoms with Gasteiger partial charge in [0.25, 0.3) is 0 Å². The average Bonchev–Trinajstić information content (AvgIpc) is 2.65. The molecule has 2 rings (SSSR count). The van der Waals surface area contributed by atoms with Crippen molar-refractivity contribution in [3.8, 4) is 0 Å². The maximum atomic E-state index is 12.3. The largest absolute Gasteiger partial charge is 0.444 e. The Hall–Kier alpha value is -2.82. The van der Waals surface area contributed by atoms with Crippen molar-refractivity contribution in [1.82, 2.24) is 10.6 Å². The summed E-state index contributed by atoms with van der Waals surface area (Å²) in [6, 6.07) is 19.8. The Morgan fingerprint density at radius 3 is 1.89 bits per heavy atom. The molecule has 5 heteroatoms. The molecular weight excluding hydrogens is 352 g/mol. The van der Waals surface area contributed by atoms with E-state index in [9.17, 15) is 9.59 Å². The number of hydrogen-bond donors (Lipinski definition) is 2. The lowest BCUT2D eigenvalue weighted by molar-refractivity contribution is -0.122. The van der Waals surface area contributed by atoms with Crippen LogP contribution in [0.15, 0.2) is 60.7 Å². The summed E-state index contributed by atoms with van der Waals surface area (Å²) in [5, 5.41) is 5.48. The number of nitrogens with one attached hydrogen (secondary N) is 2. The number of alkyl carbamates (subject to hydrolysis) is 1. The predicted octanol–water partition coefficient (Wildman–Crippen LogP) is 4.24. The molecule has 2 amide bonds. The van der Waals surface area contributed by atoms with E-state index in [1.807, 2.05) is 36.4 Å². The van der Waals surface area contributed by atoms with E-state index in [0.717, 1.165) is 6.42 Å². The lowest BCUT2D eigenvalue weighted by atomic mass is 9.88. The minimum atomic E-state index is -0.665. The summed E-state index contributed by atoms with van der Waals surface area (Å²) in [6.45, 7) is 7.50. The highest BCUT2D eigenvalue weighted by molar-refractivity contribution is 5.85. The molecule has 0 heterocycles. The van der Waals surface area contributed by atoms with Crippen molar-refractivity contribution in [3.63, 3.8) is 0 Å². The van der Waals surface area contributed by atoms with Crippen LogP contribution in [0.1, 0.15) is 51.2 Å². The van der Waals surface area contributed by atoms with E-state index < -0.39 is 17.7 Å². The Morgan fingerprint density at radius 2 is 1.43 bits per heavy atom. The fourth-order valence-electron chi connectivity index (χ4n) is 2.94. The Bertz CT molecular complexity index is 715. The standard InChI is InChI=1S/C23H30N2O3/c1-17(25-22(27)28-23(2,3)4)21(26)24-16-15-20(18-11-7-5-8-12-18)19-13-9-6-10-14-19/h5-14,17,20H,15-16H2,1-4H3,(H,24,26)(H,25,27). The van der Waals surface area contributed by atoms with Crippen LogP contribution in [-0.2, 0) is 9.53 Å². The molecule has 0 aromatic heterocycles. The number of amides is 2. The van der Waals surface area contributed by atoms with Gasteiger partial charge in [0.05, 0.1) is 0 Å². The summed E-state index contributed by atoms with van der Waals surface area (Å²) < 4.78 is 5.19. The monoisotopic (exact) mass is 382 g/mol. The number of hydrogen-bond acceptors (Lipinski definition) is 3. The van der Waals surface area contributed by atoms with Crippen LogP contribution < -0.4 is 10.6 Å². The molecule has 28 heavy (non-hydrogen) atoms. The third-order valence-electron chi connectivity index (χ3n) is 4.26. The van der Waals surface area contributed by atoms with Gasteiger partial charge in [0.15, 0.2) is 0 Å². The van der Waals surface area contributed by atoms with Gasteiger partial charge in [-0.05, 0) is 45.2 Å². The molecule has 0 bridgehead atoms. The van der Waals surface area contributed by atoms with Crippen molar-refractivity contribution in [3.05, 3.63) is 71.8 Å². The van der Waals surface area contributed by atoms with Crippen molar-refractivity contribution in [2.75, 3.05) is 6.54 Å². The summed E-state index contributed by atoms with van der Waals surface area (Å²) in [7, 11) is 0. The van der Waals surface area contributed by atoms with Gasteiger partial charge in [-0.15, -0.1) is 0 Å². The molecule has 2 N–H and O–H groups in total. The molecule has 0 aliphatic carbocycles. The average molecular weight is 383 g/mol. The highest BCUT2D eigenvalue weighted by Gasteiger charge is 2.21. The van der Waals surface area contributed by atoms with E-state index in [1.165, 1.54) is 11.1 Å². The topological polar surface area (TPSA) is 67.4 Å². The van der Waals surface area contributed by atoms with Gasteiger partial charge in [-0.25, -0.2) is 4.79 Å². The normalized spacial score (nSPS) is 12.3. The van der Waals surface area contributed by atoms with Crippen LogP contribution in [0.3, 0.4) is 0 Å². The van der Waals surface area contributed by atoms with Gasteiger partial charge in [-0.3, -0.25) is 4.79 Å². The van der Waals surface area contributed by atoms with Crippen molar-refractivity contribution >= 4 is 12.0 Å². The third-order valence-corrected chi connectivity index (χ3v) is 4.26. The first-order valence-corrected chi connectivity index (χ1v) is 9.63. The fraction of sp³-hybridized carbons (Fsp3) is 0.391. The second kappa shape index (κ2) is 9.93. The highest BCUT2D eigenvalue weighted by Crippen LogP contribution is 2.27. The van der Waals surface area contributed by atoms with E-state index in [0.29, 0.717) is 6.54 Å². The molecule has 0 fully saturated rings. The second-order valence-electron chi connectivity index (χ2n) is 7.82. The molecule has 2 aromatic carbocycles. The summed E-state index contributed by atoms with van der Waals surface area (Å²) in [5.41, 5.74) is 1.82. The van der Waals surface area contributed by atoms with E-state index in [1.54, 1.807) is 27.7 Å². The summed E-state index contributed by atoms with van der Waals surface area (Å²) in [6.07, 6.45) is 0.167. The van der Waals surface area contributed by atoms with E-state index in [4.69, 9.17) is 4.74 Å². The first-order valence-electron chi connectivity index (χ1n) is 9.63. The van der Waals surface area contributed by atoms with Crippen molar-refractivity contribution in [1.29, 1.82) is 0 Å². The summed E-state index contributed by atoms with van der Waals surface area (Å²) in [5.74, 6) is -0.0393.